The normalized spacial score (nSPS) is 26.3. The molecule has 1 saturated heterocycles. The third-order valence-electron chi connectivity index (χ3n) is 2.34. The summed E-state index contributed by atoms with van der Waals surface area (Å²) in [4.78, 5) is 3.87. The smallest absolute Gasteiger partial charge is 0.149 e. The Balaban J connectivity index is 1.98. The summed E-state index contributed by atoms with van der Waals surface area (Å²) in [6.45, 7) is 1.14. The van der Waals surface area contributed by atoms with E-state index in [0.29, 0.717) is 23.9 Å². The fourth-order valence-electron chi connectivity index (χ4n) is 1.54. The lowest BCUT2D eigenvalue weighted by atomic mass is 10.1. The van der Waals surface area contributed by atoms with Gasteiger partial charge in [0, 0.05) is 6.54 Å². The number of rotatable bonds is 2. The van der Waals surface area contributed by atoms with Gasteiger partial charge in [-0.3, -0.25) is 0 Å². The van der Waals surface area contributed by atoms with E-state index in [1.165, 1.54) is 6.20 Å². The molecule has 1 N–H and O–H groups in total. The Morgan fingerprint density at radius 2 is 2.40 bits per heavy atom. The van der Waals surface area contributed by atoms with Gasteiger partial charge in [-0.05, 0) is 25.1 Å². The summed E-state index contributed by atoms with van der Waals surface area (Å²) in [7, 11) is 0. The van der Waals surface area contributed by atoms with Gasteiger partial charge in [0.25, 0.3) is 0 Å². The number of aromatic nitrogens is 1. The zero-order valence-electron chi connectivity index (χ0n) is 8.12. The molecule has 1 aliphatic heterocycles. The van der Waals surface area contributed by atoms with Gasteiger partial charge in [0.2, 0.25) is 0 Å². The largest absolute Gasteiger partial charge is 0.486 e. The van der Waals surface area contributed by atoms with Gasteiger partial charge in [0.15, 0.2) is 0 Å². The first-order chi connectivity index (χ1) is 7.25. The molecule has 2 atom stereocenters. The van der Waals surface area contributed by atoms with E-state index in [1.807, 2.05) is 0 Å². The molecule has 2 heterocycles. The third-order valence-corrected chi connectivity index (χ3v) is 2.56. The number of pyridine rings is 1. The standard InChI is InChI=1S/C10H12ClFN2O/c11-10-2-1-7(5-14-10)15-9-3-4-13-6-8(9)12/h1-2,5,8-9,13H,3-4,6H2. The Kier molecular flexibility index (Phi) is 3.38. The second kappa shape index (κ2) is 4.77. The number of hydrogen-bond acceptors (Lipinski definition) is 3. The molecule has 1 aromatic heterocycles. The first kappa shape index (κ1) is 10.6. The van der Waals surface area contributed by atoms with Crippen LogP contribution in [0.3, 0.4) is 0 Å². The van der Waals surface area contributed by atoms with Crippen LogP contribution in [0.25, 0.3) is 0 Å². The minimum atomic E-state index is -0.963. The van der Waals surface area contributed by atoms with E-state index >= 15 is 0 Å². The van der Waals surface area contributed by atoms with Crippen molar-refractivity contribution in [1.82, 2.24) is 10.3 Å². The molecule has 15 heavy (non-hydrogen) atoms. The zero-order chi connectivity index (χ0) is 10.7. The quantitative estimate of drug-likeness (QED) is 0.787. The minimum absolute atomic E-state index is 0.353. The average molecular weight is 231 g/mol. The molecule has 0 saturated carbocycles. The summed E-state index contributed by atoms with van der Waals surface area (Å²) in [6.07, 6.45) is 0.838. The van der Waals surface area contributed by atoms with Crippen LogP contribution in [0.5, 0.6) is 5.75 Å². The summed E-state index contributed by atoms with van der Waals surface area (Å²) in [5.74, 6) is 0.564. The van der Waals surface area contributed by atoms with Crippen LogP contribution in [0.2, 0.25) is 5.15 Å². The van der Waals surface area contributed by atoms with Gasteiger partial charge in [0.05, 0.1) is 6.20 Å². The molecular formula is C10H12ClFN2O. The highest BCUT2D eigenvalue weighted by atomic mass is 35.5. The van der Waals surface area contributed by atoms with Gasteiger partial charge in [-0.15, -0.1) is 0 Å². The van der Waals surface area contributed by atoms with Gasteiger partial charge in [-0.2, -0.15) is 0 Å². The molecule has 0 bridgehead atoms. The predicted octanol–water partition coefficient (Wildman–Crippen LogP) is 1.81. The second-order valence-corrected chi connectivity index (χ2v) is 3.87. The first-order valence-electron chi connectivity index (χ1n) is 4.89. The number of nitrogens with zero attached hydrogens (tertiary/aromatic N) is 1. The van der Waals surface area contributed by atoms with E-state index in [0.717, 1.165) is 6.54 Å². The zero-order valence-corrected chi connectivity index (χ0v) is 8.88. The highest BCUT2D eigenvalue weighted by molar-refractivity contribution is 6.29. The summed E-state index contributed by atoms with van der Waals surface area (Å²) in [5, 5.41) is 3.37. The Morgan fingerprint density at radius 3 is 3.07 bits per heavy atom. The number of hydrogen-bond donors (Lipinski definition) is 1. The number of ether oxygens (including phenoxy) is 1. The minimum Gasteiger partial charge on any atom is -0.486 e. The van der Waals surface area contributed by atoms with Gasteiger partial charge in [-0.25, -0.2) is 9.37 Å². The molecule has 1 fully saturated rings. The molecule has 1 aromatic rings. The molecule has 0 aliphatic carbocycles. The van der Waals surface area contributed by atoms with Crippen LogP contribution >= 0.6 is 11.6 Å². The molecule has 0 radical (unpaired) electrons. The summed E-state index contributed by atoms with van der Waals surface area (Å²) in [6, 6.07) is 3.33. The second-order valence-electron chi connectivity index (χ2n) is 3.48. The maximum atomic E-state index is 13.4. The number of alkyl halides is 1. The van der Waals surface area contributed by atoms with Crippen LogP contribution in [-0.2, 0) is 0 Å². The van der Waals surface area contributed by atoms with Crippen molar-refractivity contribution < 1.29 is 9.13 Å². The van der Waals surface area contributed by atoms with E-state index in [-0.39, 0.29) is 6.10 Å². The third kappa shape index (κ3) is 2.79. The lowest BCUT2D eigenvalue weighted by Crippen LogP contribution is -2.44. The molecule has 2 unspecified atom stereocenters. The van der Waals surface area contributed by atoms with E-state index in [1.54, 1.807) is 12.1 Å². The lowest BCUT2D eigenvalue weighted by Gasteiger charge is -2.27. The maximum Gasteiger partial charge on any atom is 0.149 e. The fourth-order valence-corrected chi connectivity index (χ4v) is 1.65. The van der Waals surface area contributed by atoms with E-state index in [2.05, 4.69) is 10.3 Å². The van der Waals surface area contributed by atoms with Gasteiger partial charge in [0.1, 0.15) is 23.2 Å². The van der Waals surface area contributed by atoms with Crippen LogP contribution in [-0.4, -0.2) is 30.3 Å². The topological polar surface area (TPSA) is 34.1 Å². The van der Waals surface area contributed by atoms with Crippen molar-refractivity contribution in [3.8, 4) is 5.75 Å². The molecule has 0 spiro atoms. The van der Waals surface area contributed by atoms with Crippen molar-refractivity contribution in [3.05, 3.63) is 23.5 Å². The Labute approximate surface area is 92.6 Å². The van der Waals surface area contributed by atoms with E-state index in [4.69, 9.17) is 16.3 Å². The monoisotopic (exact) mass is 230 g/mol. The van der Waals surface area contributed by atoms with Crippen molar-refractivity contribution in [2.45, 2.75) is 18.7 Å². The summed E-state index contributed by atoms with van der Waals surface area (Å²) < 4.78 is 18.9. The average Bonchev–Trinajstić information content (AvgIpc) is 2.25. The van der Waals surface area contributed by atoms with Crippen LogP contribution in [0.4, 0.5) is 4.39 Å². The first-order valence-corrected chi connectivity index (χ1v) is 5.26. The van der Waals surface area contributed by atoms with Crippen LogP contribution < -0.4 is 10.1 Å². The van der Waals surface area contributed by atoms with Crippen molar-refractivity contribution in [1.29, 1.82) is 0 Å². The summed E-state index contributed by atoms with van der Waals surface area (Å²) >= 11 is 5.63. The molecule has 2 rings (SSSR count). The van der Waals surface area contributed by atoms with Gasteiger partial charge >= 0.3 is 0 Å². The van der Waals surface area contributed by atoms with Crippen LogP contribution in [0, 0.1) is 0 Å². The van der Waals surface area contributed by atoms with Gasteiger partial charge in [-0.1, -0.05) is 11.6 Å². The Bertz CT molecular complexity index is 320. The van der Waals surface area contributed by atoms with Crippen molar-refractivity contribution in [2.24, 2.45) is 0 Å². The van der Waals surface area contributed by atoms with Crippen molar-refractivity contribution in [3.63, 3.8) is 0 Å². The summed E-state index contributed by atoms with van der Waals surface area (Å²) in [5.41, 5.74) is 0. The molecule has 0 aromatic carbocycles. The predicted molar refractivity (Wildman–Crippen MR) is 56.0 cm³/mol. The van der Waals surface area contributed by atoms with Crippen molar-refractivity contribution >= 4 is 11.6 Å². The molecule has 5 heteroatoms. The number of halogens is 2. The van der Waals surface area contributed by atoms with E-state index in [9.17, 15) is 4.39 Å². The number of nitrogens with one attached hydrogen (secondary N) is 1. The lowest BCUT2D eigenvalue weighted by molar-refractivity contribution is 0.0728. The van der Waals surface area contributed by atoms with Crippen LogP contribution in [0.1, 0.15) is 6.42 Å². The highest BCUT2D eigenvalue weighted by Crippen LogP contribution is 2.18. The Hall–Kier alpha value is -0.870. The molecule has 82 valence electrons. The maximum absolute atomic E-state index is 13.4. The van der Waals surface area contributed by atoms with Crippen molar-refractivity contribution in [2.75, 3.05) is 13.1 Å². The molecule has 3 nitrogen and oxygen atoms in total. The number of piperidine rings is 1. The molecule has 0 amide bonds. The SMILES string of the molecule is FC1CNCCC1Oc1ccc(Cl)nc1. The van der Waals surface area contributed by atoms with E-state index < -0.39 is 6.17 Å². The van der Waals surface area contributed by atoms with Gasteiger partial charge < -0.3 is 10.1 Å². The molecule has 1 aliphatic rings. The van der Waals surface area contributed by atoms with Crippen LogP contribution in [0.15, 0.2) is 18.3 Å². The Morgan fingerprint density at radius 1 is 1.53 bits per heavy atom. The fraction of sp³-hybridized carbons (Fsp3) is 0.500. The molecular weight excluding hydrogens is 219 g/mol. The highest BCUT2D eigenvalue weighted by Gasteiger charge is 2.26.